The summed E-state index contributed by atoms with van der Waals surface area (Å²) in [7, 11) is 0. The molecule has 5 nitrogen and oxygen atoms in total. The minimum absolute atomic E-state index is 0.00803. The van der Waals surface area contributed by atoms with E-state index in [9.17, 15) is 9.59 Å². The zero-order valence-corrected chi connectivity index (χ0v) is 11.1. The van der Waals surface area contributed by atoms with Crippen LogP contribution in [0.4, 0.5) is 0 Å². The SMILES string of the molecule is CC(=O)NC1CCN(C(=O)CCC2CCNC2)C1. The number of amides is 2. The Labute approximate surface area is 108 Å². The smallest absolute Gasteiger partial charge is 0.222 e. The first-order valence-electron chi connectivity index (χ1n) is 6.90. The van der Waals surface area contributed by atoms with Crippen LogP contribution >= 0.6 is 0 Å². The molecule has 0 bridgehead atoms. The second kappa shape index (κ2) is 6.18. The van der Waals surface area contributed by atoms with Crippen molar-refractivity contribution in [2.45, 2.75) is 38.6 Å². The average molecular weight is 253 g/mol. The van der Waals surface area contributed by atoms with Crippen molar-refractivity contribution in [1.29, 1.82) is 0 Å². The fourth-order valence-corrected chi connectivity index (χ4v) is 2.84. The molecule has 0 radical (unpaired) electrons. The molecule has 0 spiro atoms. The summed E-state index contributed by atoms with van der Waals surface area (Å²) in [6.45, 7) is 5.14. The summed E-state index contributed by atoms with van der Waals surface area (Å²) in [6, 6.07) is 0.152. The van der Waals surface area contributed by atoms with Crippen LogP contribution in [0.25, 0.3) is 0 Å². The highest BCUT2D eigenvalue weighted by Crippen LogP contribution is 2.17. The van der Waals surface area contributed by atoms with Crippen LogP contribution in [0, 0.1) is 5.92 Å². The summed E-state index contributed by atoms with van der Waals surface area (Å²) in [6.07, 6.45) is 3.73. The van der Waals surface area contributed by atoms with Crippen molar-refractivity contribution >= 4 is 11.8 Å². The average Bonchev–Trinajstić information content (AvgIpc) is 2.95. The van der Waals surface area contributed by atoms with Crippen LogP contribution in [-0.2, 0) is 9.59 Å². The van der Waals surface area contributed by atoms with E-state index in [0.717, 1.165) is 32.5 Å². The molecule has 2 unspecified atom stereocenters. The van der Waals surface area contributed by atoms with Crippen LogP contribution in [0.1, 0.15) is 32.6 Å². The molecule has 0 aromatic carbocycles. The van der Waals surface area contributed by atoms with Gasteiger partial charge in [0, 0.05) is 32.5 Å². The van der Waals surface area contributed by atoms with E-state index in [4.69, 9.17) is 0 Å². The maximum atomic E-state index is 12.0. The zero-order valence-electron chi connectivity index (χ0n) is 11.1. The molecule has 0 aliphatic carbocycles. The second-order valence-corrected chi connectivity index (χ2v) is 5.42. The quantitative estimate of drug-likeness (QED) is 0.748. The number of carbonyl (C=O) groups is 2. The summed E-state index contributed by atoms with van der Waals surface area (Å²) in [5.41, 5.74) is 0. The number of nitrogens with zero attached hydrogens (tertiary/aromatic N) is 1. The predicted molar refractivity (Wildman–Crippen MR) is 69.0 cm³/mol. The van der Waals surface area contributed by atoms with Crippen molar-refractivity contribution in [2.24, 2.45) is 5.92 Å². The molecule has 0 aromatic heterocycles. The lowest BCUT2D eigenvalue weighted by Gasteiger charge is -2.17. The molecule has 5 heteroatoms. The van der Waals surface area contributed by atoms with Gasteiger partial charge in [-0.05, 0) is 38.3 Å². The second-order valence-electron chi connectivity index (χ2n) is 5.42. The summed E-state index contributed by atoms with van der Waals surface area (Å²) < 4.78 is 0. The molecule has 2 aliphatic rings. The molecule has 2 heterocycles. The molecule has 2 atom stereocenters. The van der Waals surface area contributed by atoms with Gasteiger partial charge in [-0.25, -0.2) is 0 Å². The van der Waals surface area contributed by atoms with Gasteiger partial charge in [0.2, 0.25) is 11.8 Å². The summed E-state index contributed by atoms with van der Waals surface area (Å²) in [5, 5.41) is 6.20. The lowest BCUT2D eigenvalue weighted by molar-refractivity contribution is -0.130. The number of hydrogen-bond acceptors (Lipinski definition) is 3. The van der Waals surface area contributed by atoms with Gasteiger partial charge in [-0.1, -0.05) is 0 Å². The van der Waals surface area contributed by atoms with E-state index in [1.165, 1.54) is 13.3 Å². The van der Waals surface area contributed by atoms with Gasteiger partial charge in [0.25, 0.3) is 0 Å². The third-order valence-corrected chi connectivity index (χ3v) is 3.88. The minimum atomic E-state index is -0.00803. The van der Waals surface area contributed by atoms with Crippen molar-refractivity contribution in [1.82, 2.24) is 15.5 Å². The molecular formula is C13H23N3O2. The van der Waals surface area contributed by atoms with Gasteiger partial charge in [-0.15, -0.1) is 0 Å². The van der Waals surface area contributed by atoms with Gasteiger partial charge >= 0.3 is 0 Å². The molecule has 2 amide bonds. The number of rotatable bonds is 4. The van der Waals surface area contributed by atoms with E-state index < -0.39 is 0 Å². The first kappa shape index (κ1) is 13.3. The molecule has 2 N–H and O–H groups in total. The Balaban J connectivity index is 1.68. The Kier molecular flexibility index (Phi) is 4.58. The number of carbonyl (C=O) groups excluding carboxylic acids is 2. The molecule has 0 saturated carbocycles. The Bertz CT molecular complexity index is 313. The fourth-order valence-electron chi connectivity index (χ4n) is 2.84. The van der Waals surface area contributed by atoms with Gasteiger partial charge in [0.05, 0.1) is 0 Å². The third-order valence-electron chi connectivity index (χ3n) is 3.88. The van der Waals surface area contributed by atoms with Crippen LogP contribution < -0.4 is 10.6 Å². The molecular weight excluding hydrogens is 230 g/mol. The van der Waals surface area contributed by atoms with Crippen molar-refractivity contribution in [3.05, 3.63) is 0 Å². The standard InChI is InChI=1S/C13H23N3O2/c1-10(17)15-12-5-7-16(9-12)13(18)3-2-11-4-6-14-8-11/h11-12,14H,2-9H2,1H3,(H,15,17). The minimum Gasteiger partial charge on any atom is -0.352 e. The lowest BCUT2D eigenvalue weighted by atomic mass is 10.0. The largest absolute Gasteiger partial charge is 0.352 e. The zero-order chi connectivity index (χ0) is 13.0. The number of hydrogen-bond donors (Lipinski definition) is 2. The number of likely N-dealkylation sites (tertiary alicyclic amines) is 1. The monoisotopic (exact) mass is 253 g/mol. The molecule has 102 valence electrons. The van der Waals surface area contributed by atoms with Crippen LogP contribution in [0.3, 0.4) is 0 Å². The normalized spacial score (nSPS) is 27.5. The molecule has 18 heavy (non-hydrogen) atoms. The fraction of sp³-hybridized carbons (Fsp3) is 0.846. The van der Waals surface area contributed by atoms with Crippen molar-refractivity contribution in [2.75, 3.05) is 26.2 Å². The molecule has 2 saturated heterocycles. The van der Waals surface area contributed by atoms with Gasteiger partial charge < -0.3 is 15.5 Å². The lowest BCUT2D eigenvalue weighted by Crippen LogP contribution is -2.37. The Morgan fingerprint density at radius 3 is 2.89 bits per heavy atom. The first-order chi connectivity index (χ1) is 8.65. The van der Waals surface area contributed by atoms with E-state index in [1.807, 2.05) is 4.90 Å². The van der Waals surface area contributed by atoms with Crippen molar-refractivity contribution in [3.63, 3.8) is 0 Å². The maximum absolute atomic E-state index is 12.0. The highest BCUT2D eigenvalue weighted by atomic mass is 16.2. The van der Waals surface area contributed by atoms with E-state index in [0.29, 0.717) is 18.9 Å². The summed E-state index contributed by atoms with van der Waals surface area (Å²) in [5.74, 6) is 0.906. The van der Waals surface area contributed by atoms with Crippen molar-refractivity contribution < 1.29 is 9.59 Å². The van der Waals surface area contributed by atoms with Crippen LogP contribution in [0.2, 0.25) is 0 Å². The summed E-state index contributed by atoms with van der Waals surface area (Å²) >= 11 is 0. The third kappa shape index (κ3) is 3.70. The first-order valence-corrected chi connectivity index (χ1v) is 6.90. The summed E-state index contributed by atoms with van der Waals surface area (Å²) in [4.78, 5) is 24.9. The van der Waals surface area contributed by atoms with Crippen LogP contribution in [-0.4, -0.2) is 48.9 Å². The van der Waals surface area contributed by atoms with E-state index in [1.54, 1.807) is 0 Å². The molecule has 2 rings (SSSR count). The number of nitrogens with one attached hydrogen (secondary N) is 2. The van der Waals surface area contributed by atoms with Crippen LogP contribution in [0.5, 0.6) is 0 Å². The Morgan fingerprint density at radius 2 is 2.22 bits per heavy atom. The Morgan fingerprint density at radius 1 is 1.39 bits per heavy atom. The predicted octanol–water partition coefficient (Wildman–Crippen LogP) is 0.113. The highest BCUT2D eigenvalue weighted by Gasteiger charge is 2.27. The highest BCUT2D eigenvalue weighted by molar-refractivity contribution is 5.77. The van der Waals surface area contributed by atoms with Gasteiger partial charge in [0.15, 0.2) is 0 Å². The topological polar surface area (TPSA) is 61.4 Å². The van der Waals surface area contributed by atoms with Crippen molar-refractivity contribution in [3.8, 4) is 0 Å². The molecule has 2 fully saturated rings. The van der Waals surface area contributed by atoms with E-state index in [-0.39, 0.29) is 17.9 Å². The van der Waals surface area contributed by atoms with E-state index in [2.05, 4.69) is 10.6 Å². The van der Waals surface area contributed by atoms with Gasteiger partial charge in [-0.3, -0.25) is 9.59 Å². The van der Waals surface area contributed by atoms with Gasteiger partial charge in [-0.2, -0.15) is 0 Å². The maximum Gasteiger partial charge on any atom is 0.222 e. The van der Waals surface area contributed by atoms with Crippen LogP contribution in [0.15, 0.2) is 0 Å². The van der Waals surface area contributed by atoms with E-state index >= 15 is 0 Å². The van der Waals surface area contributed by atoms with Gasteiger partial charge in [0.1, 0.15) is 0 Å². The Hall–Kier alpha value is -1.10. The molecule has 0 aromatic rings. The molecule has 2 aliphatic heterocycles.